The third kappa shape index (κ3) is 3.36. The maximum absolute atomic E-state index is 11.7. The molecular formula is C31H27N5O4. The van der Waals surface area contributed by atoms with Gasteiger partial charge in [-0.2, -0.15) is 10.2 Å². The van der Waals surface area contributed by atoms with Crippen molar-refractivity contribution in [2.75, 3.05) is 6.61 Å². The van der Waals surface area contributed by atoms with Gasteiger partial charge in [-0.15, -0.1) is 0 Å². The molecule has 3 N–H and O–H groups in total. The molecule has 3 aromatic heterocycles. The van der Waals surface area contributed by atoms with Gasteiger partial charge in [0.05, 0.1) is 46.3 Å². The van der Waals surface area contributed by atoms with Gasteiger partial charge in [0.2, 0.25) is 17.6 Å². The third-order valence-corrected chi connectivity index (χ3v) is 8.33. The molecule has 200 valence electrons. The van der Waals surface area contributed by atoms with Crippen LogP contribution in [0.5, 0.6) is 17.6 Å². The lowest BCUT2D eigenvalue weighted by atomic mass is 9.78. The van der Waals surface area contributed by atoms with Crippen molar-refractivity contribution < 1.29 is 19.7 Å². The molecule has 2 atom stereocenters. The lowest BCUT2D eigenvalue weighted by Gasteiger charge is -2.26. The van der Waals surface area contributed by atoms with E-state index in [4.69, 9.17) is 9.47 Å². The molecule has 0 amide bonds. The van der Waals surface area contributed by atoms with E-state index in [1.54, 1.807) is 24.5 Å². The zero-order valence-corrected chi connectivity index (χ0v) is 22.1. The molecule has 40 heavy (non-hydrogen) atoms. The van der Waals surface area contributed by atoms with Crippen molar-refractivity contribution in [2.45, 2.75) is 44.3 Å². The second-order valence-electron chi connectivity index (χ2n) is 10.7. The fourth-order valence-corrected chi connectivity index (χ4v) is 6.45. The molecular weight excluding hydrogens is 506 g/mol. The number of nitrogens with one attached hydrogen (secondary N) is 1. The minimum atomic E-state index is -0.808. The number of hydrogen-bond donors (Lipinski definition) is 3. The number of imidazole rings is 1. The number of pyridine rings is 1. The highest BCUT2D eigenvalue weighted by atomic mass is 16.5. The number of rotatable bonds is 6. The van der Waals surface area contributed by atoms with Crippen LogP contribution in [0.3, 0.4) is 0 Å². The average Bonchev–Trinajstić information content (AvgIpc) is 3.67. The molecule has 1 saturated heterocycles. The molecule has 9 nitrogen and oxygen atoms in total. The van der Waals surface area contributed by atoms with Crippen LogP contribution in [-0.2, 0) is 15.9 Å². The van der Waals surface area contributed by atoms with Crippen LogP contribution in [0.2, 0.25) is 0 Å². The minimum Gasteiger partial charge on any atom is -0.494 e. The number of aromatic hydroxyl groups is 2. The number of nitrogens with zero attached hydrogens (tertiary/aromatic N) is 4. The number of H-pyrrole nitrogens is 1. The normalized spacial score (nSPS) is 21.0. The molecule has 0 unspecified atom stereocenters. The van der Waals surface area contributed by atoms with Crippen LogP contribution in [0.1, 0.15) is 48.6 Å². The molecule has 5 aromatic rings. The van der Waals surface area contributed by atoms with Gasteiger partial charge in [0, 0.05) is 35.2 Å². The van der Waals surface area contributed by atoms with E-state index in [2.05, 4.69) is 21.0 Å². The van der Waals surface area contributed by atoms with Gasteiger partial charge in [-0.25, -0.2) is 0 Å². The van der Waals surface area contributed by atoms with Gasteiger partial charge < -0.3 is 24.7 Å². The minimum absolute atomic E-state index is 0.0440. The van der Waals surface area contributed by atoms with Crippen molar-refractivity contribution in [3.05, 3.63) is 83.3 Å². The highest BCUT2D eigenvalue weighted by Crippen LogP contribution is 2.65. The van der Waals surface area contributed by atoms with E-state index in [1.165, 1.54) is 4.57 Å². The molecule has 0 aliphatic carbocycles. The largest absolute Gasteiger partial charge is 0.494 e. The summed E-state index contributed by atoms with van der Waals surface area (Å²) >= 11 is 0. The molecule has 0 radical (unpaired) electrons. The monoisotopic (exact) mass is 533 g/mol. The predicted octanol–water partition coefficient (Wildman–Crippen LogP) is 5.71. The fraction of sp³-hybridized carbons (Fsp3) is 0.258. The molecule has 0 spiro atoms. The van der Waals surface area contributed by atoms with Crippen molar-refractivity contribution in [1.29, 1.82) is 5.26 Å². The van der Waals surface area contributed by atoms with Crippen molar-refractivity contribution >= 4 is 10.8 Å². The molecule has 5 heterocycles. The van der Waals surface area contributed by atoms with E-state index in [0.29, 0.717) is 60.0 Å². The summed E-state index contributed by atoms with van der Waals surface area (Å²) in [6.45, 7) is 4.18. The third-order valence-electron chi connectivity index (χ3n) is 8.33. The summed E-state index contributed by atoms with van der Waals surface area (Å²) in [6.07, 6.45) is 5.30. The van der Waals surface area contributed by atoms with E-state index in [9.17, 15) is 15.5 Å². The van der Waals surface area contributed by atoms with Crippen molar-refractivity contribution in [2.24, 2.45) is 0 Å². The number of aromatic amines is 1. The SMILES string of the molecule is Cc1[nH]c(-c2ccncc2)nc1OCC[C@@]12CC[C@@](C)(O1)c1c2c(O)n(-c2ccc(C#N)c3ccccc23)c1O. The first kappa shape index (κ1) is 24.2. The highest BCUT2D eigenvalue weighted by molar-refractivity contribution is 5.95. The van der Waals surface area contributed by atoms with Gasteiger partial charge in [-0.3, -0.25) is 9.55 Å². The Bertz CT molecular complexity index is 1840. The molecule has 2 aromatic carbocycles. The summed E-state index contributed by atoms with van der Waals surface area (Å²) in [5, 5.41) is 34.3. The van der Waals surface area contributed by atoms with Gasteiger partial charge in [0.25, 0.3) is 0 Å². The Hall–Kier alpha value is -4.81. The second kappa shape index (κ2) is 8.60. The quantitative estimate of drug-likeness (QED) is 0.255. The van der Waals surface area contributed by atoms with Crippen LogP contribution in [0.4, 0.5) is 0 Å². The molecule has 2 aliphatic rings. The van der Waals surface area contributed by atoms with Gasteiger partial charge >= 0.3 is 0 Å². The summed E-state index contributed by atoms with van der Waals surface area (Å²) in [6, 6.07) is 17.0. The molecule has 7 rings (SSSR count). The smallest absolute Gasteiger partial charge is 0.235 e. The first-order chi connectivity index (χ1) is 19.3. The maximum Gasteiger partial charge on any atom is 0.235 e. The highest BCUT2D eigenvalue weighted by Gasteiger charge is 2.61. The van der Waals surface area contributed by atoms with Crippen LogP contribution >= 0.6 is 0 Å². The van der Waals surface area contributed by atoms with E-state index < -0.39 is 11.2 Å². The van der Waals surface area contributed by atoms with E-state index in [1.807, 2.05) is 50.2 Å². The van der Waals surface area contributed by atoms with Crippen molar-refractivity contribution in [3.8, 4) is 40.8 Å². The van der Waals surface area contributed by atoms with Gasteiger partial charge in [-0.05, 0) is 51.0 Å². The van der Waals surface area contributed by atoms with Crippen LogP contribution in [-0.4, -0.2) is 36.3 Å². The Kier molecular flexibility index (Phi) is 5.21. The number of aryl methyl sites for hydroxylation is 1. The Morgan fingerprint density at radius 3 is 2.58 bits per heavy atom. The lowest BCUT2D eigenvalue weighted by Crippen LogP contribution is -2.25. The first-order valence-corrected chi connectivity index (χ1v) is 13.2. The summed E-state index contributed by atoms with van der Waals surface area (Å²) in [7, 11) is 0. The second-order valence-corrected chi connectivity index (χ2v) is 10.7. The number of ether oxygens (including phenoxy) is 2. The molecule has 0 saturated carbocycles. The Morgan fingerprint density at radius 2 is 1.80 bits per heavy atom. The number of nitriles is 1. The van der Waals surface area contributed by atoms with Crippen molar-refractivity contribution in [1.82, 2.24) is 19.5 Å². The lowest BCUT2D eigenvalue weighted by molar-refractivity contribution is -0.0877. The van der Waals surface area contributed by atoms with Crippen molar-refractivity contribution in [3.63, 3.8) is 0 Å². The van der Waals surface area contributed by atoms with E-state index in [0.717, 1.165) is 22.0 Å². The number of benzene rings is 2. The topological polar surface area (TPSA) is 129 Å². The summed E-state index contributed by atoms with van der Waals surface area (Å²) in [5.74, 6) is 1.12. The van der Waals surface area contributed by atoms with Crippen LogP contribution < -0.4 is 4.74 Å². The van der Waals surface area contributed by atoms with Gasteiger partial charge in [0.15, 0.2) is 0 Å². The van der Waals surface area contributed by atoms with Crippen LogP contribution in [0.15, 0.2) is 60.9 Å². The molecule has 2 bridgehead atoms. The van der Waals surface area contributed by atoms with Crippen LogP contribution in [0, 0.1) is 18.3 Å². The van der Waals surface area contributed by atoms with E-state index >= 15 is 0 Å². The van der Waals surface area contributed by atoms with Gasteiger partial charge in [-0.1, -0.05) is 24.3 Å². The van der Waals surface area contributed by atoms with E-state index in [-0.39, 0.29) is 11.8 Å². The van der Waals surface area contributed by atoms with Crippen LogP contribution in [0.25, 0.3) is 27.8 Å². The number of aromatic nitrogens is 4. The summed E-state index contributed by atoms with van der Waals surface area (Å²) in [5.41, 5.74) is 2.53. The Morgan fingerprint density at radius 1 is 1.05 bits per heavy atom. The standard InChI is InChI=1S/C31H27N5O4/c1-18-27(35-26(34-18)19-9-14-33-15-10-19)39-16-13-31-12-11-30(2,40-31)24-25(31)29(38)36(28(24)37)23-8-7-20(17-32)21-5-3-4-6-22(21)23/h3-10,14-15,37-38H,11-13,16H2,1-2H3,(H,34,35)/t30-,31-/m1/s1. The Labute approximate surface area is 230 Å². The number of hydrogen-bond acceptors (Lipinski definition) is 7. The Balaban J connectivity index is 1.23. The molecule has 9 heteroatoms. The summed E-state index contributed by atoms with van der Waals surface area (Å²) < 4.78 is 14.2. The number of fused-ring (bicyclic) bond motifs is 6. The maximum atomic E-state index is 11.7. The molecule has 1 fully saturated rings. The zero-order chi connectivity index (χ0) is 27.6. The predicted molar refractivity (Wildman–Crippen MR) is 147 cm³/mol. The first-order valence-electron chi connectivity index (χ1n) is 13.2. The fourth-order valence-electron chi connectivity index (χ4n) is 6.45. The zero-order valence-electron chi connectivity index (χ0n) is 22.1. The average molecular weight is 534 g/mol. The van der Waals surface area contributed by atoms with Gasteiger partial charge in [0.1, 0.15) is 11.4 Å². The molecule has 2 aliphatic heterocycles. The summed E-state index contributed by atoms with van der Waals surface area (Å²) in [4.78, 5) is 11.9.